The van der Waals surface area contributed by atoms with Gasteiger partial charge in [0.05, 0.1) is 28.9 Å². The van der Waals surface area contributed by atoms with Crippen LogP contribution in [-0.2, 0) is 0 Å². The highest BCUT2D eigenvalue weighted by Crippen LogP contribution is 2.48. The third-order valence-corrected chi connectivity index (χ3v) is 7.34. The van der Waals surface area contributed by atoms with Crippen molar-refractivity contribution in [3.05, 3.63) is 139 Å². The maximum absolute atomic E-state index is 14.7. The molecule has 6 heteroatoms. The van der Waals surface area contributed by atoms with Crippen LogP contribution in [0.2, 0.25) is 0 Å². The van der Waals surface area contributed by atoms with Gasteiger partial charge in [-0.15, -0.1) is 0 Å². The minimum absolute atomic E-state index is 0.108. The highest BCUT2D eigenvalue weighted by Gasteiger charge is 2.24. The van der Waals surface area contributed by atoms with E-state index in [-0.39, 0.29) is 11.3 Å². The number of anilines is 3. The van der Waals surface area contributed by atoms with E-state index in [0.29, 0.717) is 62.0 Å². The lowest BCUT2D eigenvalue weighted by molar-refractivity contribution is 0.548. The zero-order valence-corrected chi connectivity index (χ0v) is 21.6. The molecule has 2 aromatic heterocycles. The summed E-state index contributed by atoms with van der Waals surface area (Å²) in [6.07, 6.45) is 0. The van der Waals surface area contributed by atoms with Crippen LogP contribution in [0.5, 0.6) is 0 Å². The summed E-state index contributed by atoms with van der Waals surface area (Å²) in [5.41, 5.74) is 2.24. The Morgan fingerprint density at radius 1 is 0.595 bits per heavy atom. The van der Waals surface area contributed by atoms with Gasteiger partial charge in [-0.25, -0.2) is 13.2 Å². The molecule has 2 heterocycles. The number of halogens is 3. The Kier molecular flexibility index (Phi) is 4.32. The Morgan fingerprint density at radius 3 is 1.90 bits per heavy atom. The van der Waals surface area contributed by atoms with Gasteiger partial charge in [0.15, 0.2) is 0 Å². The third kappa shape index (κ3) is 3.69. The molecular formula is C36H20F3NO2. The van der Waals surface area contributed by atoms with Crippen LogP contribution >= 0.6 is 0 Å². The Morgan fingerprint density at radius 2 is 1.21 bits per heavy atom. The molecule has 0 saturated heterocycles. The summed E-state index contributed by atoms with van der Waals surface area (Å²) >= 11 is 0. The molecule has 0 bridgehead atoms. The van der Waals surface area contributed by atoms with E-state index in [4.69, 9.17) is 15.7 Å². The van der Waals surface area contributed by atoms with Gasteiger partial charge in [-0.05, 0) is 41.9 Å². The van der Waals surface area contributed by atoms with Crippen molar-refractivity contribution in [1.29, 1.82) is 0 Å². The maximum Gasteiger partial charge on any atom is 0.149 e. The van der Waals surface area contributed by atoms with Crippen LogP contribution in [0.15, 0.2) is 130 Å². The minimum Gasteiger partial charge on any atom is -0.456 e. The van der Waals surface area contributed by atoms with E-state index in [2.05, 4.69) is 0 Å². The predicted octanol–water partition coefficient (Wildman–Crippen LogP) is 11.0. The highest BCUT2D eigenvalue weighted by atomic mass is 19.1. The summed E-state index contributed by atoms with van der Waals surface area (Å²) < 4.78 is 98.7. The fourth-order valence-electron chi connectivity index (χ4n) is 5.59. The van der Waals surface area contributed by atoms with Crippen LogP contribution in [0.3, 0.4) is 0 Å². The lowest BCUT2D eigenvalue weighted by atomic mass is 10.0. The molecule has 0 saturated carbocycles. The highest BCUT2D eigenvalue weighted by molar-refractivity contribution is 6.26. The molecule has 0 atom stereocenters. The molecule has 8 aromatic rings. The molecule has 6 aromatic carbocycles. The normalized spacial score (nSPS) is 13.4. The summed E-state index contributed by atoms with van der Waals surface area (Å²) in [5, 5.41) is 2.80. The van der Waals surface area contributed by atoms with E-state index < -0.39 is 53.2 Å². The number of rotatable bonds is 4. The van der Waals surface area contributed by atoms with Crippen molar-refractivity contribution in [2.45, 2.75) is 0 Å². The molecule has 0 aliphatic heterocycles. The molecule has 0 aliphatic carbocycles. The summed E-state index contributed by atoms with van der Waals surface area (Å²) in [7, 11) is 0. The van der Waals surface area contributed by atoms with Crippen LogP contribution in [0.1, 0.15) is 6.85 Å². The van der Waals surface area contributed by atoms with Crippen molar-refractivity contribution in [1.82, 2.24) is 0 Å². The first-order chi connectivity index (χ1) is 22.6. The van der Waals surface area contributed by atoms with E-state index in [0.717, 1.165) is 5.39 Å². The molecule has 0 N–H and O–H groups in total. The van der Waals surface area contributed by atoms with Crippen LogP contribution in [0.25, 0.3) is 55.0 Å². The van der Waals surface area contributed by atoms with E-state index in [1.54, 1.807) is 6.07 Å². The van der Waals surface area contributed by atoms with Gasteiger partial charge >= 0.3 is 0 Å². The first-order valence-electron chi connectivity index (χ1n) is 15.5. The van der Waals surface area contributed by atoms with Crippen molar-refractivity contribution in [3.63, 3.8) is 0 Å². The summed E-state index contributed by atoms with van der Waals surface area (Å²) in [6.45, 7) is 0. The largest absolute Gasteiger partial charge is 0.456 e. The van der Waals surface area contributed by atoms with E-state index in [9.17, 15) is 13.2 Å². The standard InChI is InChI=1S/C36H20F3NO2/c37-22-18-27(38)33(28(39)19-22)21-14-16-24(17-15-21)40(23-8-2-1-3-9-23)29-20-32-35(26-11-5-6-12-30(26)41-32)36-34(29)25-10-4-7-13-31(25)42-36/h1-20H/i1D,2D,3D,8D,9D. The monoisotopic (exact) mass is 560 g/mol. The Balaban J connectivity index is 1.48. The molecule has 0 spiro atoms. The minimum atomic E-state index is -1.08. The Hall–Kier alpha value is -5.49. The number of benzene rings is 6. The summed E-state index contributed by atoms with van der Waals surface area (Å²) in [6, 6.07) is 21.0. The average molecular weight is 561 g/mol. The second kappa shape index (κ2) is 9.28. The van der Waals surface area contributed by atoms with Crippen LogP contribution in [0.4, 0.5) is 30.2 Å². The number of hydrogen-bond donors (Lipinski definition) is 0. The molecule has 202 valence electrons. The van der Waals surface area contributed by atoms with E-state index in [1.165, 1.54) is 29.2 Å². The number of para-hydroxylation sites is 3. The molecule has 0 fully saturated rings. The molecule has 0 unspecified atom stereocenters. The number of furan rings is 2. The van der Waals surface area contributed by atoms with Gasteiger partial charge in [0.25, 0.3) is 0 Å². The van der Waals surface area contributed by atoms with Crippen molar-refractivity contribution in [2.75, 3.05) is 4.90 Å². The second-order valence-corrected chi connectivity index (χ2v) is 9.77. The molecule has 8 rings (SSSR count). The van der Waals surface area contributed by atoms with Crippen LogP contribution in [0, 0.1) is 17.5 Å². The SMILES string of the molecule is [2H]c1c([2H])c([2H])c(N(c2ccc(-c3c(F)cc(F)cc3F)cc2)c2cc3oc4ccccc4c3c3oc4ccccc4c23)c([2H])c1[2H]. The second-order valence-electron chi connectivity index (χ2n) is 9.77. The maximum atomic E-state index is 14.7. The quantitative estimate of drug-likeness (QED) is 0.214. The summed E-state index contributed by atoms with van der Waals surface area (Å²) in [4.78, 5) is 1.50. The zero-order valence-electron chi connectivity index (χ0n) is 26.6. The predicted molar refractivity (Wildman–Crippen MR) is 161 cm³/mol. The van der Waals surface area contributed by atoms with Crippen LogP contribution in [-0.4, -0.2) is 0 Å². The van der Waals surface area contributed by atoms with Gasteiger partial charge in [0.2, 0.25) is 0 Å². The summed E-state index contributed by atoms with van der Waals surface area (Å²) in [5.74, 6) is -3.22. The van der Waals surface area contributed by atoms with Crippen molar-refractivity contribution >= 4 is 60.9 Å². The number of fused-ring (bicyclic) bond motifs is 7. The number of nitrogens with zero attached hydrogens (tertiary/aromatic N) is 1. The van der Waals surface area contributed by atoms with Crippen molar-refractivity contribution in [3.8, 4) is 11.1 Å². The van der Waals surface area contributed by atoms with E-state index in [1.807, 2.05) is 48.5 Å². The zero-order chi connectivity index (χ0) is 32.7. The topological polar surface area (TPSA) is 29.5 Å². The van der Waals surface area contributed by atoms with Gasteiger partial charge in [0, 0.05) is 40.3 Å². The van der Waals surface area contributed by atoms with Crippen molar-refractivity contribution < 1.29 is 28.9 Å². The molecule has 0 aliphatic rings. The fourth-order valence-corrected chi connectivity index (χ4v) is 5.59. The molecular weight excluding hydrogens is 535 g/mol. The van der Waals surface area contributed by atoms with Gasteiger partial charge in [-0.3, -0.25) is 0 Å². The van der Waals surface area contributed by atoms with Gasteiger partial charge in [-0.2, -0.15) is 0 Å². The molecule has 0 radical (unpaired) electrons. The first-order valence-corrected chi connectivity index (χ1v) is 13.0. The Labute approximate surface area is 244 Å². The molecule has 42 heavy (non-hydrogen) atoms. The van der Waals surface area contributed by atoms with Crippen molar-refractivity contribution in [2.24, 2.45) is 0 Å². The van der Waals surface area contributed by atoms with Crippen LogP contribution < -0.4 is 4.90 Å². The Bertz CT molecular complexity index is 2530. The lowest BCUT2D eigenvalue weighted by Gasteiger charge is -2.26. The van der Waals surface area contributed by atoms with Gasteiger partial charge in [-0.1, -0.05) is 66.7 Å². The smallest absolute Gasteiger partial charge is 0.149 e. The molecule has 3 nitrogen and oxygen atoms in total. The fraction of sp³-hybridized carbons (Fsp3) is 0. The number of hydrogen-bond acceptors (Lipinski definition) is 3. The van der Waals surface area contributed by atoms with Gasteiger partial charge < -0.3 is 13.7 Å². The third-order valence-electron chi connectivity index (χ3n) is 7.34. The molecule has 0 amide bonds. The average Bonchev–Trinajstić information content (AvgIpc) is 3.63. The first kappa shape index (κ1) is 19.6. The van der Waals surface area contributed by atoms with E-state index >= 15 is 0 Å². The lowest BCUT2D eigenvalue weighted by Crippen LogP contribution is -2.10. The van der Waals surface area contributed by atoms with Gasteiger partial charge in [0.1, 0.15) is 39.8 Å².